The Kier molecular flexibility index (Phi) is 4.99. The Bertz CT molecular complexity index is 459. The standard InChI is InChI=1S/C18H27NO3/c1-2-11-21-14-18-9-5-12-22-16(18)8-10-19(13-18)17(20)15-6-3-4-7-15/h2,6,16H,1,3-5,7-14H2/t16-,18-/m1/s1. The van der Waals surface area contributed by atoms with Gasteiger partial charge in [0.25, 0.3) is 0 Å². The molecule has 0 bridgehead atoms. The zero-order chi connectivity index (χ0) is 15.4. The fourth-order valence-electron chi connectivity index (χ4n) is 4.09. The van der Waals surface area contributed by atoms with E-state index in [1.165, 1.54) is 0 Å². The normalized spacial score (nSPS) is 31.5. The topological polar surface area (TPSA) is 38.8 Å². The van der Waals surface area contributed by atoms with Crippen LogP contribution in [-0.2, 0) is 14.3 Å². The van der Waals surface area contributed by atoms with Crippen LogP contribution in [0.5, 0.6) is 0 Å². The van der Waals surface area contributed by atoms with E-state index in [9.17, 15) is 4.79 Å². The first-order chi connectivity index (χ1) is 10.7. The van der Waals surface area contributed by atoms with E-state index >= 15 is 0 Å². The number of hydrogen-bond acceptors (Lipinski definition) is 3. The Hall–Kier alpha value is -1.13. The molecular formula is C18H27NO3. The van der Waals surface area contributed by atoms with Gasteiger partial charge in [0.2, 0.25) is 5.91 Å². The number of carbonyl (C=O) groups excluding carboxylic acids is 1. The second-order valence-electron chi connectivity index (χ2n) is 6.77. The molecule has 0 unspecified atom stereocenters. The Balaban J connectivity index is 1.70. The molecular weight excluding hydrogens is 278 g/mol. The van der Waals surface area contributed by atoms with Gasteiger partial charge in [-0.15, -0.1) is 6.58 Å². The summed E-state index contributed by atoms with van der Waals surface area (Å²) in [5.41, 5.74) is 0.978. The van der Waals surface area contributed by atoms with Crippen LogP contribution in [0.1, 0.15) is 38.5 Å². The Labute approximate surface area is 133 Å². The van der Waals surface area contributed by atoms with Crippen LogP contribution in [-0.4, -0.2) is 49.8 Å². The Morgan fingerprint density at radius 2 is 2.45 bits per heavy atom. The summed E-state index contributed by atoms with van der Waals surface area (Å²) in [5.74, 6) is 0.240. The molecule has 3 rings (SSSR count). The van der Waals surface area contributed by atoms with Crippen molar-refractivity contribution in [1.29, 1.82) is 0 Å². The van der Waals surface area contributed by atoms with Crippen LogP contribution in [0.3, 0.4) is 0 Å². The van der Waals surface area contributed by atoms with Crippen molar-refractivity contribution in [3.05, 3.63) is 24.3 Å². The lowest BCUT2D eigenvalue weighted by Crippen LogP contribution is -2.58. The van der Waals surface area contributed by atoms with Crippen LogP contribution in [0, 0.1) is 5.41 Å². The summed E-state index contributed by atoms with van der Waals surface area (Å²) in [7, 11) is 0. The van der Waals surface area contributed by atoms with Gasteiger partial charge < -0.3 is 14.4 Å². The number of nitrogens with zero attached hydrogens (tertiary/aromatic N) is 1. The SMILES string of the molecule is C=CCOC[C@]12CCCO[C@@H]1CCN(C(=O)C1=CCCC1)C2. The van der Waals surface area contributed by atoms with Crippen molar-refractivity contribution in [3.8, 4) is 0 Å². The monoisotopic (exact) mass is 305 g/mol. The molecule has 4 heteroatoms. The fourth-order valence-corrected chi connectivity index (χ4v) is 4.09. The molecule has 0 N–H and O–H groups in total. The highest BCUT2D eigenvalue weighted by Crippen LogP contribution is 2.41. The summed E-state index contributed by atoms with van der Waals surface area (Å²) in [6, 6.07) is 0. The summed E-state index contributed by atoms with van der Waals surface area (Å²) in [5, 5.41) is 0. The molecule has 1 aliphatic carbocycles. The first-order valence-electron chi connectivity index (χ1n) is 8.54. The fraction of sp³-hybridized carbons (Fsp3) is 0.722. The minimum atomic E-state index is -0.0334. The lowest BCUT2D eigenvalue weighted by molar-refractivity contribution is -0.161. The maximum Gasteiger partial charge on any atom is 0.249 e. The quantitative estimate of drug-likeness (QED) is 0.579. The van der Waals surface area contributed by atoms with E-state index in [1.807, 2.05) is 4.90 Å². The van der Waals surface area contributed by atoms with Gasteiger partial charge >= 0.3 is 0 Å². The highest BCUT2D eigenvalue weighted by molar-refractivity contribution is 5.93. The molecule has 0 aromatic heterocycles. The molecule has 0 aromatic rings. The van der Waals surface area contributed by atoms with Crippen LogP contribution in [0.2, 0.25) is 0 Å². The number of hydrogen-bond donors (Lipinski definition) is 0. The summed E-state index contributed by atoms with van der Waals surface area (Å²) in [4.78, 5) is 14.7. The number of likely N-dealkylation sites (tertiary alicyclic amines) is 1. The average Bonchev–Trinajstić information content (AvgIpc) is 3.08. The number of fused-ring (bicyclic) bond motifs is 1. The van der Waals surface area contributed by atoms with Crippen molar-refractivity contribution >= 4 is 5.91 Å². The summed E-state index contributed by atoms with van der Waals surface area (Å²) >= 11 is 0. The smallest absolute Gasteiger partial charge is 0.249 e. The number of piperidine rings is 1. The molecule has 0 aromatic carbocycles. The van der Waals surface area contributed by atoms with Crippen molar-refractivity contribution < 1.29 is 14.3 Å². The van der Waals surface area contributed by atoms with E-state index in [0.717, 1.165) is 63.8 Å². The zero-order valence-corrected chi connectivity index (χ0v) is 13.4. The minimum Gasteiger partial charge on any atom is -0.377 e. The minimum absolute atomic E-state index is 0.0334. The summed E-state index contributed by atoms with van der Waals surface area (Å²) < 4.78 is 11.8. The Morgan fingerprint density at radius 3 is 3.23 bits per heavy atom. The molecule has 2 aliphatic heterocycles. The number of carbonyl (C=O) groups is 1. The molecule has 22 heavy (non-hydrogen) atoms. The number of amides is 1. The first kappa shape index (κ1) is 15.8. The third kappa shape index (κ3) is 3.13. The van der Waals surface area contributed by atoms with Crippen LogP contribution in [0.25, 0.3) is 0 Å². The predicted octanol–water partition coefficient (Wildman–Crippen LogP) is 2.70. The molecule has 1 amide bonds. The van der Waals surface area contributed by atoms with Crippen molar-refractivity contribution in [2.75, 3.05) is 32.9 Å². The summed E-state index contributed by atoms with van der Waals surface area (Å²) in [6.45, 7) is 7.35. The van der Waals surface area contributed by atoms with Crippen LogP contribution in [0.15, 0.2) is 24.3 Å². The average molecular weight is 305 g/mol. The van der Waals surface area contributed by atoms with Gasteiger partial charge in [0, 0.05) is 30.7 Å². The Morgan fingerprint density at radius 1 is 1.55 bits per heavy atom. The van der Waals surface area contributed by atoms with E-state index in [0.29, 0.717) is 13.2 Å². The third-order valence-corrected chi connectivity index (χ3v) is 5.22. The van der Waals surface area contributed by atoms with E-state index in [1.54, 1.807) is 6.08 Å². The third-order valence-electron chi connectivity index (χ3n) is 5.22. The van der Waals surface area contributed by atoms with Crippen molar-refractivity contribution in [1.82, 2.24) is 4.90 Å². The molecule has 4 nitrogen and oxygen atoms in total. The highest BCUT2D eigenvalue weighted by atomic mass is 16.5. The maximum absolute atomic E-state index is 12.7. The van der Waals surface area contributed by atoms with Gasteiger partial charge in [-0.05, 0) is 38.5 Å². The molecule has 2 fully saturated rings. The number of allylic oxidation sites excluding steroid dienone is 1. The van der Waals surface area contributed by atoms with Gasteiger partial charge in [-0.2, -0.15) is 0 Å². The van der Waals surface area contributed by atoms with Crippen LogP contribution >= 0.6 is 0 Å². The van der Waals surface area contributed by atoms with E-state index in [-0.39, 0.29) is 17.4 Å². The number of rotatable bonds is 5. The second-order valence-corrected chi connectivity index (χ2v) is 6.77. The molecule has 122 valence electrons. The second kappa shape index (κ2) is 6.97. The lowest BCUT2D eigenvalue weighted by Gasteiger charge is -2.50. The van der Waals surface area contributed by atoms with Crippen LogP contribution < -0.4 is 0 Å². The lowest BCUT2D eigenvalue weighted by atomic mass is 9.73. The van der Waals surface area contributed by atoms with Crippen molar-refractivity contribution in [2.24, 2.45) is 5.41 Å². The maximum atomic E-state index is 12.7. The molecule has 2 heterocycles. The molecule has 3 aliphatic rings. The largest absolute Gasteiger partial charge is 0.377 e. The van der Waals surface area contributed by atoms with E-state index in [4.69, 9.17) is 9.47 Å². The van der Waals surface area contributed by atoms with Gasteiger partial charge in [-0.25, -0.2) is 0 Å². The molecule has 0 radical (unpaired) electrons. The van der Waals surface area contributed by atoms with Gasteiger partial charge in [-0.1, -0.05) is 12.2 Å². The van der Waals surface area contributed by atoms with Gasteiger partial charge in [0.1, 0.15) is 0 Å². The highest BCUT2D eigenvalue weighted by Gasteiger charge is 2.47. The van der Waals surface area contributed by atoms with Crippen molar-refractivity contribution in [2.45, 2.75) is 44.6 Å². The summed E-state index contributed by atoms with van der Waals surface area (Å²) in [6.07, 6.45) is 10.3. The van der Waals surface area contributed by atoms with Gasteiger partial charge in [0.05, 0.1) is 19.3 Å². The molecule has 0 saturated carbocycles. The van der Waals surface area contributed by atoms with E-state index in [2.05, 4.69) is 12.7 Å². The molecule has 2 atom stereocenters. The zero-order valence-electron chi connectivity index (χ0n) is 13.4. The van der Waals surface area contributed by atoms with Crippen LogP contribution in [0.4, 0.5) is 0 Å². The first-order valence-corrected chi connectivity index (χ1v) is 8.54. The molecule has 2 saturated heterocycles. The van der Waals surface area contributed by atoms with Gasteiger partial charge in [0.15, 0.2) is 0 Å². The van der Waals surface area contributed by atoms with Crippen molar-refractivity contribution in [3.63, 3.8) is 0 Å². The predicted molar refractivity (Wildman–Crippen MR) is 85.6 cm³/mol. The van der Waals surface area contributed by atoms with E-state index < -0.39 is 0 Å². The van der Waals surface area contributed by atoms with Gasteiger partial charge in [-0.3, -0.25) is 4.79 Å². The molecule has 0 spiro atoms. The number of ether oxygens (including phenoxy) is 2.